The highest BCUT2D eigenvalue weighted by Gasteiger charge is 2.58. The van der Waals surface area contributed by atoms with Crippen LogP contribution in [0.3, 0.4) is 0 Å². The summed E-state index contributed by atoms with van der Waals surface area (Å²) in [6.07, 6.45) is 1.38. The van der Waals surface area contributed by atoms with E-state index >= 15 is 0 Å². The van der Waals surface area contributed by atoms with Crippen molar-refractivity contribution in [2.24, 2.45) is 0 Å². The number of phenols is 1. The minimum absolute atomic E-state index is 0.0342. The molecule has 0 aliphatic carbocycles. The predicted molar refractivity (Wildman–Crippen MR) is 145 cm³/mol. The highest BCUT2D eigenvalue weighted by atomic mass is 35.5. The second-order valence-electron chi connectivity index (χ2n) is 9.14. The van der Waals surface area contributed by atoms with Crippen LogP contribution >= 0.6 is 35.4 Å². The van der Waals surface area contributed by atoms with Crippen LogP contribution in [0.15, 0.2) is 48.5 Å². The lowest BCUT2D eigenvalue weighted by atomic mass is 9.57. The number of rotatable bonds is 8. The lowest BCUT2D eigenvalue weighted by molar-refractivity contribution is -0.122. The molecule has 1 aliphatic heterocycles. The van der Waals surface area contributed by atoms with Gasteiger partial charge in [-0.1, -0.05) is 54.8 Å². The first-order chi connectivity index (χ1) is 17.1. The first kappa shape index (κ1) is 26.5. The molecule has 36 heavy (non-hydrogen) atoms. The van der Waals surface area contributed by atoms with Crippen molar-refractivity contribution in [2.75, 3.05) is 5.32 Å². The summed E-state index contributed by atoms with van der Waals surface area (Å²) in [5, 5.41) is 16.3. The number of thiocarbonyl (C=S) groups is 1. The Bertz CT molecular complexity index is 1350. The summed E-state index contributed by atoms with van der Waals surface area (Å²) >= 11 is 17.9. The van der Waals surface area contributed by atoms with Gasteiger partial charge in [0.15, 0.2) is 11.6 Å². The lowest BCUT2D eigenvalue weighted by Gasteiger charge is -2.43. The standard InChI is InChI=1S/C28H25Cl2F2NO2S/c1-3-4-20(18-14-24(32)23(31)11-15(18)2)28(22-7-5-17(30)13-25(22)33-27(28)35)21(9-10-36)19-12-16(29)6-8-26(19)34/h5-8,10-14,20-21,34H,3-4,9H2,1-2H3,(H,33,35). The van der Waals surface area contributed by atoms with Crippen molar-refractivity contribution in [2.45, 2.75) is 50.4 Å². The van der Waals surface area contributed by atoms with Crippen LogP contribution in [0.5, 0.6) is 5.75 Å². The minimum Gasteiger partial charge on any atom is -0.508 e. The second-order valence-corrected chi connectivity index (χ2v) is 10.3. The van der Waals surface area contributed by atoms with Crippen molar-refractivity contribution in [3.63, 3.8) is 0 Å². The average Bonchev–Trinajstić information content (AvgIpc) is 3.11. The molecule has 4 rings (SSSR count). The molecule has 3 aromatic carbocycles. The van der Waals surface area contributed by atoms with E-state index in [1.807, 2.05) is 6.92 Å². The Morgan fingerprint density at radius 2 is 1.69 bits per heavy atom. The van der Waals surface area contributed by atoms with E-state index in [0.717, 1.165) is 6.07 Å². The number of phenolic OH excluding ortho intramolecular Hbond substituents is 1. The van der Waals surface area contributed by atoms with Crippen molar-refractivity contribution in [3.8, 4) is 5.75 Å². The van der Waals surface area contributed by atoms with Crippen LogP contribution in [0, 0.1) is 18.6 Å². The Kier molecular flexibility index (Phi) is 7.69. The van der Waals surface area contributed by atoms with Crippen LogP contribution in [0.25, 0.3) is 0 Å². The average molecular weight is 548 g/mol. The zero-order chi connectivity index (χ0) is 26.2. The summed E-state index contributed by atoms with van der Waals surface area (Å²) in [7, 11) is 0. The van der Waals surface area contributed by atoms with Crippen LogP contribution in [0.2, 0.25) is 10.0 Å². The number of amides is 1. The van der Waals surface area contributed by atoms with Crippen LogP contribution in [0.4, 0.5) is 14.5 Å². The normalized spacial score (nSPS) is 18.4. The van der Waals surface area contributed by atoms with Crippen molar-refractivity contribution in [1.82, 2.24) is 0 Å². The molecule has 0 bridgehead atoms. The monoisotopic (exact) mass is 547 g/mol. The summed E-state index contributed by atoms with van der Waals surface area (Å²) in [5.74, 6) is -3.56. The molecule has 3 atom stereocenters. The maximum absolute atomic E-state index is 14.6. The molecule has 188 valence electrons. The van der Waals surface area contributed by atoms with Gasteiger partial charge in [0.2, 0.25) is 5.91 Å². The molecule has 0 aromatic heterocycles. The van der Waals surface area contributed by atoms with E-state index in [1.54, 1.807) is 37.3 Å². The molecule has 0 saturated heterocycles. The van der Waals surface area contributed by atoms with Gasteiger partial charge >= 0.3 is 0 Å². The van der Waals surface area contributed by atoms with Crippen molar-refractivity contribution >= 4 is 52.4 Å². The van der Waals surface area contributed by atoms with E-state index in [1.165, 1.54) is 17.5 Å². The van der Waals surface area contributed by atoms with Gasteiger partial charge < -0.3 is 10.4 Å². The van der Waals surface area contributed by atoms with Gasteiger partial charge in [0.05, 0.1) is 5.41 Å². The molecule has 8 heteroatoms. The molecule has 0 fully saturated rings. The molecule has 1 aliphatic rings. The summed E-state index contributed by atoms with van der Waals surface area (Å²) in [5.41, 5.74) is 1.35. The van der Waals surface area contributed by atoms with E-state index in [4.69, 9.17) is 35.4 Å². The van der Waals surface area contributed by atoms with Gasteiger partial charge in [0.25, 0.3) is 0 Å². The Morgan fingerprint density at radius 3 is 2.39 bits per heavy atom. The third kappa shape index (κ3) is 4.40. The van der Waals surface area contributed by atoms with Gasteiger partial charge in [0.1, 0.15) is 5.75 Å². The van der Waals surface area contributed by atoms with Gasteiger partial charge in [-0.2, -0.15) is 0 Å². The van der Waals surface area contributed by atoms with Crippen LogP contribution in [-0.4, -0.2) is 16.4 Å². The first-order valence-electron chi connectivity index (χ1n) is 11.6. The molecule has 3 unspecified atom stereocenters. The highest BCUT2D eigenvalue weighted by Crippen LogP contribution is 2.59. The zero-order valence-corrected chi connectivity index (χ0v) is 22.1. The Morgan fingerprint density at radius 1 is 1.03 bits per heavy atom. The molecule has 3 aromatic rings. The second kappa shape index (κ2) is 10.4. The van der Waals surface area contributed by atoms with E-state index in [9.17, 15) is 18.7 Å². The fourth-order valence-corrected chi connectivity index (χ4v) is 6.22. The van der Waals surface area contributed by atoms with Crippen LogP contribution in [-0.2, 0) is 10.2 Å². The van der Waals surface area contributed by atoms with Crippen molar-refractivity contribution in [1.29, 1.82) is 0 Å². The first-order valence-corrected chi connectivity index (χ1v) is 12.9. The van der Waals surface area contributed by atoms with Gasteiger partial charge in [-0.3, -0.25) is 4.79 Å². The molecular weight excluding hydrogens is 523 g/mol. The minimum atomic E-state index is -1.33. The van der Waals surface area contributed by atoms with Crippen LogP contribution < -0.4 is 5.32 Å². The summed E-state index contributed by atoms with van der Waals surface area (Å²) < 4.78 is 28.8. The third-order valence-corrected chi connectivity index (χ3v) is 7.77. The van der Waals surface area contributed by atoms with Gasteiger partial charge in [-0.15, -0.1) is 0 Å². The number of benzene rings is 3. The van der Waals surface area contributed by atoms with E-state index in [2.05, 4.69) is 5.32 Å². The summed E-state index contributed by atoms with van der Waals surface area (Å²) in [6, 6.07) is 12.2. The van der Waals surface area contributed by atoms with E-state index < -0.39 is 28.9 Å². The maximum atomic E-state index is 14.6. The summed E-state index contributed by atoms with van der Waals surface area (Å²) in [6.45, 7) is 3.67. The number of halogens is 4. The number of nitrogens with one attached hydrogen (secondary N) is 1. The number of aryl methyl sites for hydroxylation is 1. The Hall–Kier alpha value is -2.54. The molecule has 1 amide bonds. The number of hydrogen-bond acceptors (Lipinski definition) is 3. The molecular formula is C28H25Cl2F2NO2S. The Labute approximate surface area is 224 Å². The quantitative estimate of drug-likeness (QED) is 0.279. The third-order valence-electron chi connectivity index (χ3n) is 7.11. The maximum Gasteiger partial charge on any atom is 0.236 e. The lowest BCUT2D eigenvalue weighted by Crippen LogP contribution is -2.46. The predicted octanol–water partition coefficient (Wildman–Crippen LogP) is 8.23. The SMILES string of the molecule is CCCC(c1cc(F)c(F)cc1C)C1(C(CC=S)c2cc(Cl)ccc2O)C(=O)Nc2cc(Cl)ccc21. The molecule has 2 N–H and O–H groups in total. The Balaban J connectivity index is 2.13. The van der Waals surface area contributed by atoms with Crippen molar-refractivity contribution in [3.05, 3.63) is 92.5 Å². The van der Waals surface area contributed by atoms with E-state index in [-0.39, 0.29) is 18.1 Å². The molecule has 0 spiro atoms. The number of carbonyl (C=O) groups excluding carboxylic acids is 1. The van der Waals surface area contributed by atoms with Gasteiger partial charge in [-0.05, 0) is 84.3 Å². The van der Waals surface area contributed by atoms with Gasteiger partial charge in [-0.25, -0.2) is 8.78 Å². The molecule has 3 nitrogen and oxygen atoms in total. The number of anilines is 1. The fourth-order valence-electron chi connectivity index (χ4n) is 5.68. The fraction of sp³-hybridized carbons (Fsp3) is 0.286. The zero-order valence-electron chi connectivity index (χ0n) is 19.7. The molecule has 0 radical (unpaired) electrons. The number of fused-ring (bicyclic) bond motifs is 1. The van der Waals surface area contributed by atoms with Gasteiger partial charge in [0, 0.05) is 33.1 Å². The highest BCUT2D eigenvalue weighted by molar-refractivity contribution is 7.78. The largest absolute Gasteiger partial charge is 0.508 e. The van der Waals surface area contributed by atoms with Crippen LogP contribution in [0.1, 0.15) is 60.3 Å². The smallest absolute Gasteiger partial charge is 0.236 e. The number of aromatic hydroxyl groups is 1. The topological polar surface area (TPSA) is 49.3 Å². The van der Waals surface area contributed by atoms with E-state index in [0.29, 0.717) is 50.8 Å². The number of hydrogen-bond donors (Lipinski definition) is 2. The van der Waals surface area contributed by atoms with Crippen molar-refractivity contribution < 1.29 is 18.7 Å². The molecule has 1 heterocycles. The molecule has 0 saturated carbocycles. The number of carbonyl (C=O) groups is 1. The summed E-state index contributed by atoms with van der Waals surface area (Å²) in [4.78, 5) is 14.2.